The minimum atomic E-state index is -0.757. The molecule has 0 aliphatic heterocycles. The van der Waals surface area contributed by atoms with E-state index >= 15 is 0 Å². The molecule has 0 heterocycles. The van der Waals surface area contributed by atoms with Crippen LogP contribution in [0, 0.1) is 11.8 Å². The van der Waals surface area contributed by atoms with E-state index < -0.39 is 5.97 Å². The van der Waals surface area contributed by atoms with E-state index in [0.717, 1.165) is 17.5 Å². The van der Waals surface area contributed by atoms with Crippen LogP contribution in [-0.4, -0.2) is 11.1 Å². The summed E-state index contributed by atoms with van der Waals surface area (Å²) in [6, 6.07) is 7.88. The Balaban J connectivity index is 2.19. The van der Waals surface area contributed by atoms with Crippen molar-refractivity contribution in [2.24, 2.45) is 0 Å². The number of aryl methyl sites for hydroxylation is 1. The van der Waals surface area contributed by atoms with Gasteiger partial charge < -0.3 is 5.11 Å². The Morgan fingerprint density at radius 3 is 2.25 bits per heavy atom. The third-order valence-corrected chi connectivity index (χ3v) is 4.25. The first-order chi connectivity index (χ1) is 11.7. The average molecular weight is 328 g/mol. The van der Waals surface area contributed by atoms with Gasteiger partial charge in [0.15, 0.2) is 0 Å². The molecule has 0 saturated heterocycles. The smallest absolute Gasteiger partial charge is 0.303 e. The maximum atomic E-state index is 10.7. The number of carbonyl (C=O) groups is 1. The molecule has 0 fully saturated rings. The first-order valence-electron chi connectivity index (χ1n) is 9.52. The summed E-state index contributed by atoms with van der Waals surface area (Å²) in [5.74, 6) is 5.71. The van der Waals surface area contributed by atoms with Crippen LogP contribution in [0.3, 0.4) is 0 Å². The van der Waals surface area contributed by atoms with Crippen LogP contribution in [-0.2, 0) is 11.2 Å². The summed E-state index contributed by atoms with van der Waals surface area (Å²) in [7, 11) is 0. The van der Waals surface area contributed by atoms with E-state index in [0.29, 0.717) is 6.42 Å². The highest BCUT2D eigenvalue weighted by atomic mass is 16.4. The lowest BCUT2D eigenvalue weighted by atomic mass is 10.0. The summed E-state index contributed by atoms with van der Waals surface area (Å²) in [5.41, 5.74) is 2.02. The minimum Gasteiger partial charge on any atom is -0.481 e. The summed E-state index contributed by atoms with van der Waals surface area (Å²) >= 11 is 0. The van der Waals surface area contributed by atoms with Gasteiger partial charge in [0.25, 0.3) is 0 Å². The van der Waals surface area contributed by atoms with Crippen molar-refractivity contribution in [1.82, 2.24) is 0 Å². The Kier molecular flexibility index (Phi) is 11.6. The standard InChI is InChI=1S/C22H32O2/c1-2-3-4-5-6-7-8-9-10-11-12-15-20-16-13-14-17-21(20)18-19-22(23)24/h13-14,16-17H,2-11,18-19H2,1H3,(H,23,24). The molecule has 1 rings (SSSR count). The Labute approximate surface area is 147 Å². The molecule has 0 atom stereocenters. The molecule has 0 unspecified atom stereocenters. The molecule has 1 N–H and O–H groups in total. The zero-order valence-corrected chi connectivity index (χ0v) is 15.2. The topological polar surface area (TPSA) is 37.3 Å². The van der Waals surface area contributed by atoms with Crippen molar-refractivity contribution in [3.63, 3.8) is 0 Å². The van der Waals surface area contributed by atoms with Gasteiger partial charge in [-0.2, -0.15) is 0 Å². The molecule has 0 saturated carbocycles. The van der Waals surface area contributed by atoms with Gasteiger partial charge >= 0.3 is 5.97 Å². The van der Waals surface area contributed by atoms with Crippen LogP contribution in [0.1, 0.15) is 88.7 Å². The highest BCUT2D eigenvalue weighted by Gasteiger charge is 2.02. The molecule has 0 spiro atoms. The van der Waals surface area contributed by atoms with Crippen molar-refractivity contribution >= 4 is 5.97 Å². The molecule has 0 bridgehead atoms. The molecule has 1 aromatic rings. The molecule has 2 nitrogen and oxygen atoms in total. The summed E-state index contributed by atoms with van der Waals surface area (Å²) in [5, 5.41) is 8.81. The monoisotopic (exact) mass is 328 g/mol. The van der Waals surface area contributed by atoms with E-state index in [-0.39, 0.29) is 6.42 Å². The van der Waals surface area contributed by atoms with Gasteiger partial charge in [-0.3, -0.25) is 4.79 Å². The van der Waals surface area contributed by atoms with Gasteiger partial charge in [-0.15, -0.1) is 0 Å². The number of unbranched alkanes of at least 4 members (excludes halogenated alkanes) is 9. The Morgan fingerprint density at radius 2 is 1.58 bits per heavy atom. The first kappa shape index (κ1) is 20.3. The van der Waals surface area contributed by atoms with E-state index in [2.05, 4.69) is 18.8 Å². The second-order valence-electron chi connectivity index (χ2n) is 6.43. The Morgan fingerprint density at radius 1 is 0.958 bits per heavy atom. The molecule has 0 aromatic heterocycles. The van der Waals surface area contributed by atoms with Gasteiger partial charge in [-0.25, -0.2) is 0 Å². The normalized spacial score (nSPS) is 10.2. The molecule has 0 aliphatic rings. The van der Waals surface area contributed by atoms with Gasteiger partial charge in [0, 0.05) is 18.4 Å². The molecule has 132 valence electrons. The molecule has 2 heteroatoms. The van der Waals surface area contributed by atoms with Crippen LogP contribution in [0.15, 0.2) is 24.3 Å². The summed E-state index contributed by atoms with van der Waals surface area (Å²) in [6.45, 7) is 2.26. The van der Waals surface area contributed by atoms with E-state index in [1.54, 1.807) is 0 Å². The number of carboxylic acid groups (broad SMARTS) is 1. The van der Waals surface area contributed by atoms with Crippen molar-refractivity contribution in [2.75, 3.05) is 0 Å². The summed E-state index contributed by atoms with van der Waals surface area (Å²) in [4.78, 5) is 10.7. The van der Waals surface area contributed by atoms with Crippen molar-refractivity contribution in [3.05, 3.63) is 35.4 Å². The van der Waals surface area contributed by atoms with Gasteiger partial charge in [-0.05, 0) is 24.5 Å². The molecule has 24 heavy (non-hydrogen) atoms. The van der Waals surface area contributed by atoms with Crippen molar-refractivity contribution in [2.45, 2.75) is 84.0 Å². The molecule has 0 aliphatic carbocycles. The number of benzene rings is 1. The maximum absolute atomic E-state index is 10.7. The predicted molar refractivity (Wildman–Crippen MR) is 101 cm³/mol. The van der Waals surface area contributed by atoms with Gasteiger partial charge in [0.05, 0.1) is 0 Å². The molecule has 1 aromatic carbocycles. The molecule has 0 radical (unpaired) electrons. The number of hydrogen-bond donors (Lipinski definition) is 1. The summed E-state index contributed by atoms with van der Waals surface area (Å²) in [6.07, 6.45) is 13.6. The van der Waals surface area contributed by atoms with Crippen LogP contribution in [0.4, 0.5) is 0 Å². The second-order valence-corrected chi connectivity index (χ2v) is 6.43. The number of carboxylic acids is 1. The van der Waals surface area contributed by atoms with Crippen LogP contribution in [0.5, 0.6) is 0 Å². The van der Waals surface area contributed by atoms with Gasteiger partial charge in [-0.1, -0.05) is 88.3 Å². The Hall–Kier alpha value is -1.75. The number of aliphatic carboxylic acids is 1. The van der Waals surface area contributed by atoms with Crippen LogP contribution in [0.25, 0.3) is 0 Å². The fourth-order valence-corrected chi connectivity index (χ4v) is 2.78. The predicted octanol–water partition coefficient (Wildman–Crippen LogP) is 5.98. The molecular formula is C22H32O2. The third kappa shape index (κ3) is 10.1. The average Bonchev–Trinajstić information content (AvgIpc) is 2.58. The fraction of sp³-hybridized carbons (Fsp3) is 0.591. The lowest BCUT2D eigenvalue weighted by Gasteiger charge is -2.02. The summed E-state index contributed by atoms with van der Waals surface area (Å²) < 4.78 is 0. The zero-order valence-electron chi connectivity index (χ0n) is 15.2. The van der Waals surface area contributed by atoms with E-state index in [4.69, 9.17) is 5.11 Å². The first-order valence-corrected chi connectivity index (χ1v) is 9.52. The second kappa shape index (κ2) is 13.7. The highest BCUT2D eigenvalue weighted by Crippen LogP contribution is 2.12. The SMILES string of the molecule is CCCCCCCCCCCC#Cc1ccccc1CCC(=O)O. The zero-order chi connectivity index (χ0) is 17.5. The number of hydrogen-bond acceptors (Lipinski definition) is 1. The minimum absolute atomic E-state index is 0.164. The van der Waals surface area contributed by atoms with E-state index in [1.807, 2.05) is 24.3 Å². The van der Waals surface area contributed by atoms with Gasteiger partial charge in [0.2, 0.25) is 0 Å². The van der Waals surface area contributed by atoms with E-state index in [1.165, 1.54) is 57.8 Å². The van der Waals surface area contributed by atoms with Crippen molar-refractivity contribution in [3.8, 4) is 11.8 Å². The maximum Gasteiger partial charge on any atom is 0.303 e. The quantitative estimate of drug-likeness (QED) is 0.379. The van der Waals surface area contributed by atoms with Crippen molar-refractivity contribution in [1.29, 1.82) is 0 Å². The van der Waals surface area contributed by atoms with Gasteiger partial charge in [0.1, 0.15) is 0 Å². The third-order valence-electron chi connectivity index (χ3n) is 4.25. The van der Waals surface area contributed by atoms with Crippen LogP contribution in [0.2, 0.25) is 0 Å². The largest absolute Gasteiger partial charge is 0.481 e. The molecule has 0 amide bonds. The lowest BCUT2D eigenvalue weighted by molar-refractivity contribution is -0.136. The number of rotatable bonds is 12. The fourth-order valence-electron chi connectivity index (χ4n) is 2.78. The van der Waals surface area contributed by atoms with Crippen molar-refractivity contribution < 1.29 is 9.90 Å². The van der Waals surface area contributed by atoms with Crippen LogP contribution < -0.4 is 0 Å². The Bertz CT molecular complexity index is 522. The highest BCUT2D eigenvalue weighted by molar-refractivity contribution is 5.67. The lowest BCUT2D eigenvalue weighted by Crippen LogP contribution is -1.99. The molecular weight excluding hydrogens is 296 g/mol. The van der Waals surface area contributed by atoms with E-state index in [9.17, 15) is 4.79 Å². The van der Waals surface area contributed by atoms with Crippen LogP contribution >= 0.6 is 0 Å².